The van der Waals surface area contributed by atoms with Gasteiger partial charge in [-0.2, -0.15) is 11.8 Å². The van der Waals surface area contributed by atoms with Crippen LogP contribution < -0.4 is 11.1 Å². The molecule has 0 aliphatic rings. The van der Waals surface area contributed by atoms with Crippen molar-refractivity contribution in [3.05, 3.63) is 35.9 Å². The third-order valence-electron chi connectivity index (χ3n) is 2.09. The molecule has 1 amide bonds. The molecule has 4 heteroatoms. The molecule has 3 nitrogen and oxygen atoms in total. The average molecular weight is 224 g/mol. The minimum atomic E-state index is -0.293. The summed E-state index contributed by atoms with van der Waals surface area (Å²) in [5.41, 5.74) is 6.48. The number of nitrogens with one attached hydrogen (secondary N) is 1. The van der Waals surface area contributed by atoms with Crippen LogP contribution in [-0.4, -0.2) is 24.7 Å². The lowest BCUT2D eigenvalue weighted by atomic mass is 10.2. The SMILES string of the molecule is CNC(CSCc1ccccc1)C(N)=O. The molecule has 3 N–H and O–H groups in total. The number of rotatable bonds is 6. The number of amides is 1. The molecular weight excluding hydrogens is 208 g/mol. The Morgan fingerprint density at radius 3 is 2.67 bits per heavy atom. The van der Waals surface area contributed by atoms with Crippen LogP contribution in [0.3, 0.4) is 0 Å². The molecule has 82 valence electrons. The number of nitrogens with two attached hydrogens (primary N) is 1. The maximum absolute atomic E-state index is 10.9. The Morgan fingerprint density at radius 2 is 2.13 bits per heavy atom. The van der Waals surface area contributed by atoms with Crippen LogP contribution in [0.4, 0.5) is 0 Å². The van der Waals surface area contributed by atoms with E-state index in [0.29, 0.717) is 5.75 Å². The molecule has 0 bridgehead atoms. The highest BCUT2D eigenvalue weighted by Gasteiger charge is 2.11. The highest BCUT2D eigenvalue weighted by atomic mass is 32.2. The Morgan fingerprint density at radius 1 is 1.47 bits per heavy atom. The van der Waals surface area contributed by atoms with Crippen LogP contribution in [0.15, 0.2) is 30.3 Å². The van der Waals surface area contributed by atoms with Gasteiger partial charge in [-0.25, -0.2) is 0 Å². The monoisotopic (exact) mass is 224 g/mol. The number of primary amides is 1. The van der Waals surface area contributed by atoms with Crippen molar-refractivity contribution in [1.29, 1.82) is 0 Å². The second kappa shape index (κ2) is 6.48. The first-order valence-corrected chi connectivity index (χ1v) is 5.97. The molecule has 0 saturated heterocycles. The van der Waals surface area contributed by atoms with Gasteiger partial charge in [0.2, 0.25) is 5.91 Å². The molecule has 0 heterocycles. The zero-order valence-corrected chi connectivity index (χ0v) is 9.59. The van der Waals surface area contributed by atoms with Gasteiger partial charge >= 0.3 is 0 Å². The van der Waals surface area contributed by atoms with Crippen molar-refractivity contribution in [3.8, 4) is 0 Å². The molecule has 0 aliphatic carbocycles. The van der Waals surface area contributed by atoms with E-state index in [9.17, 15) is 4.79 Å². The lowest BCUT2D eigenvalue weighted by Gasteiger charge is -2.11. The number of likely N-dealkylation sites (N-methyl/N-ethyl adjacent to an activating group) is 1. The molecule has 0 spiro atoms. The molecular formula is C11H16N2OS. The molecule has 0 radical (unpaired) electrons. The summed E-state index contributed by atoms with van der Waals surface area (Å²) in [5.74, 6) is 1.32. The van der Waals surface area contributed by atoms with Crippen molar-refractivity contribution in [2.24, 2.45) is 5.73 Å². The zero-order valence-electron chi connectivity index (χ0n) is 8.77. The first-order valence-electron chi connectivity index (χ1n) is 4.82. The van der Waals surface area contributed by atoms with E-state index in [1.165, 1.54) is 5.56 Å². The smallest absolute Gasteiger partial charge is 0.235 e. The van der Waals surface area contributed by atoms with Crippen molar-refractivity contribution >= 4 is 17.7 Å². The highest BCUT2D eigenvalue weighted by molar-refractivity contribution is 7.98. The first-order chi connectivity index (χ1) is 7.24. The van der Waals surface area contributed by atoms with E-state index in [4.69, 9.17) is 5.73 Å². The van der Waals surface area contributed by atoms with Gasteiger partial charge in [-0.3, -0.25) is 4.79 Å². The van der Waals surface area contributed by atoms with Gasteiger partial charge in [0.1, 0.15) is 0 Å². The topological polar surface area (TPSA) is 55.1 Å². The number of thioether (sulfide) groups is 1. The molecule has 1 atom stereocenters. The normalized spacial score (nSPS) is 12.3. The lowest BCUT2D eigenvalue weighted by Crippen LogP contribution is -2.41. The summed E-state index contributed by atoms with van der Waals surface area (Å²) < 4.78 is 0. The minimum absolute atomic E-state index is 0.237. The van der Waals surface area contributed by atoms with E-state index in [1.54, 1.807) is 18.8 Å². The Labute approximate surface area is 94.4 Å². The van der Waals surface area contributed by atoms with E-state index in [2.05, 4.69) is 17.4 Å². The van der Waals surface area contributed by atoms with Gasteiger partial charge in [0.15, 0.2) is 0 Å². The standard InChI is InChI=1S/C11H16N2OS/c1-13-10(11(12)14)8-15-7-9-5-3-2-4-6-9/h2-6,10,13H,7-8H2,1H3,(H2,12,14). The fourth-order valence-electron chi connectivity index (χ4n) is 1.18. The number of hydrogen-bond acceptors (Lipinski definition) is 3. The second-order valence-corrected chi connectivity index (χ2v) is 4.27. The average Bonchev–Trinajstić information content (AvgIpc) is 2.25. The summed E-state index contributed by atoms with van der Waals surface area (Å²) in [6.45, 7) is 0. The summed E-state index contributed by atoms with van der Waals surface area (Å²) in [5, 5.41) is 2.89. The number of carbonyl (C=O) groups excluding carboxylic acids is 1. The Balaban J connectivity index is 2.30. The fraction of sp³-hybridized carbons (Fsp3) is 0.364. The third kappa shape index (κ3) is 4.36. The summed E-state index contributed by atoms with van der Waals surface area (Å²) in [7, 11) is 1.75. The maximum Gasteiger partial charge on any atom is 0.235 e. The molecule has 0 saturated carbocycles. The molecule has 1 unspecified atom stereocenters. The van der Waals surface area contributed by atoms with Crippen LogP contribution in [0.5, 0.6) is 0 Å². The lowest BCUT2D eigenvalue weighted by molar-refractivity contribution is -0.119. The van der Waals surface area contributed by atoms with Crippen LogP contribution >= 0.6 is 11.8 Å². The van der Waals surface area contributed by atoms with Crippen LogP contribution in [0, 0.1) is 0 Å². The van der Waals surface area contributed by atoms with Gasteiger partial charge in [0, 0.05) is 11.5 Å². The quantitative estimate of drug-likeness (QED) is 0.757. The maximum atomic E-state index is 10.9. The minimum Gasteiger partial charge on any atom is -0.368 e. The van der Waals surface area contributed by atoms with Crippen molar-refractivity contribution in [2.75, 3.05) is 12.8 Å². The molecule has 1 rings (SSSR count). The summed E-state index contributed by atoms with van der Waals surface area (Å²) in [4.78, 5) is 10.9. The fourth-order valence-corrected chi connectivity index (χ4v) is 2.29. The van der Waals surface area contributed by atoms with E-state index in [0.717, 1.165) is 5.75 Å². The highest BCUT2D eigenvalue weighted by Crippen LogP contribution is 2.12. The predicted octanol–water partition coefficient (Wildman–Crippen LogP) is 0.993. The van der Waals surface area contributed by atoms with Crippen LogP contribution in [0.1, 0.15) is 5.56 Å². The van der Waals surface area contributed by atoms with Crippen LogP contribution in [0.25, 0.3) is 0 Å². The zero-order chi connectivity index (χ0) is 11.1. The molecule has 0 fully saturated rings. The summed E-state index contributed by atoms with van der Waals surface area (Å²) in [6, 6.07) is 9.93. The Bertz CT molecular complexity index is 303. The van der Waals surface area contributed by atoms with Crippen molar-refractivity contribution in [3.63, 3.8) is 0 Å². The van der Waals surface area contributed by atoms with Gasteiger partial charge in [-0.1, -0.05) is 30.3 Å². The molecule has 1 aromatic carbocycles. The Kier molecular flexibility index (Phi) is 5.21. The summed E-state index contributed by atoms with van der Waals surface area (Å²) >= 11 is 1.70. The van der Waals surface area contributed by atoms with E-state index in [1.807, 2.05) is 18.2 Å². The van der Waals surface area contributed by atoms with E-state index >= 15 is 0 Å². The number of carbonyl (C=O) groups is 1. The molecule has 0 aliphatic heterocycles. The third-order valence-corrected chi connectivity index (χ3v) is 3.19. The molecule has 0 aromatic heterocycles. The van der Waals surface area contributed by atoms with Crippen molar-refractivity contribution < 1.29 is 4.79 Å². The molecule has 15 heavy (non-hydrogen) atoms. The van der Waals surface area contributed by atoms with Gasteiger partial charge in [-0.15, -0.1) is 0 Å². The predicted molar refractivity (Wildman–Crippen MR) is 64.6 cm³/mol. The molecule has 1 aromatic rings. The van der Waals surface area contributed by atoms with Gasteiger partial charge < -0.3 is 11.1 Å². The largest absolute Gasteiger partial charge is 0.368 e. The van der Waals surface area contributed by atoms with E-state index < -0.39 is 0 Å². The first kappa shape index (κ1) is 12.1. The van der Waals surface area contributed by atoms with Crippen molar-refractivity contribution in [2.45, 2.75) is 11.8 Å². The number of benzene rings is 1. The van der Waals surface area contributed by atoms with E-state index in [-0.39, 0.29) is 11.9 Å². The number of hydrogen-bond donors (Lipinski definition) is 2. The summed E-state index contributed by atoms with van der Waals surface area (Å²) in [6.07, 6.45) is 0. The van der Waals surface area contributed by atoms with Gasteiger partial charge in [0.05, 0.1) is 6.04 Å². The second-order valence-electron chi connectivity index (χ2n) is 3.24. The van der Waals surface area contributed by atoms with Crippen molar-refractivity contribution in [1.82, 2.24) is 5.32 Å². The Hall–Kier alpha value is -1.00. The van der Waals surface area contributed by atoms with Gasteiger partial charge in [0.25, 0.3) is 0 Å². The van der Waals surface area contributed by atoms with Crippen LogP contribution in [0.2, 0.25) is 0 Å². The van der Waals surface area contributed by atoms with Gasteiger partial charge in [-0.05, 0) is 12.6 Å². The van der Waals surface area contributed by atoms with Crippen LogP contribution in [-0.2, 0) is 10.5 Å².